The fourth-order valence-corrected chi connectivity index (χ4v) is 4.15. The molecule has 0 N–H and O–H groups in total. The zero-order valence-corrected chi connectivity index (χ0v) is 23.2. The van der Waals surface area contributed by atoms with E-state index in [9.17, 15) is 8.78 Å². The second-order valence-corrected chi connectivity index (χ2v) is 8.77. The largest absolute Gasteiger partial charge is 0.305 e. The Kier molecular flexibility index (Phi) is 8.28. The number of aromatic nitrogens is 2. The van der Waals surface area contributed by atoms with Crippen LogP contribution in [0, 0.1) is 23.8 Å². The van der Waals surface area contributed by atoms with Crippen molar-refractivity contribution in [2.24, 2.45) is 0 Å². The molecule has 1 radical (unpaired) electrons. The Morgan fingerprint density at radius 1 is 0.684 bits per heavy atom. The SMILES string of the molecule is [2H]C(C)(C)c1ccnc(-c2[c-]cc3c(c2)c(F)c(F)c2ccccc23)c1.[Ir].[c-]1ccccc1-c1ccccn1. The predicted octanol–water partition coefficient (Wildman–Crippen LogP) is 8.80. The minimum atomic E-state index is -0.870. The van der Waals surface area contributed by atoms with E-state index in [4.69, 9.17) is 1.37 Å². The molecule has 0 fully saturated rings. The summed E-state index contributed by atoms with van der Waals surface area (Å²) in [5.41, 5.74) is 3.95. The van der Waals surface area contributed by atoms with Crippen LogP contribution in [-0.2, 0) is 20.1 Å². The number of benzene rings is 4. The summed E-state index contributed by atoms with van der Waals surface area (Å²) >= 11 is 0. The molecule has 2 aromatic heterocycles. The van der Waals surface area contributed by atoms with Crippen molar-refractivity contribution in [3.63, 3.8) is 0 Å². The van der Waals surface area contributed by atoms with Gasteiger partial charge in [0.2, 0.25) is 0 Å². The Morgan fingerprint density at radius 2 is 1.39 bits per heavy atom. The predicted molar refractivity (Wildman–Crippen MR) is 146 cm³/mol. The Bertz CT molecular complexity index is 1680. The summed E-state index contributed by atoms with van der Waals surface area (Å²) in [7, 11) is 0. The van der Waals surface area contributed by atoms with E-state index in [1.54, 1.807) is 74.8 Å². The van der Waals surface area contributed by atoms with Gasteiger partial charge in [-0.2, -0.15) is 0 Å². The van der Waals surface area contributed by atoms with Crippen LogP contribution in [0.3, 0.4) is 0 Å². The summed E-state index contributed by atoms with van der Waals surface area (Å²) in [6.45, 7) is 3.58. The summed E-state index contributed by atoms with van der Waals surface area (Å²) < 4.78 is 37.3. The van der Waals surface area contributed by atoms with Gasteiger partial charge in [0.15, 0.2) is 5.82 Å². The van der Waals surface area contributed by atoms with E-state index in [-0.39, 0.29) is 30.9 Å². The van der Waals surface area contributed by atoms with Crippen molar-refractivity contribution in [1.82, 2.24) is 9.97 Å². The molecule has 0 spiro atoms. The number of hydrogen-bond acceptors (Lipinski definition) is 2. The van der Waals surface area contributed by atoms with E-state index >= 15 is 0 Å². The second kappa shape index (κ2) is 12.2. The molecule has 0 aliphatic heterocycles. The van der Waals surface area contributed by atoms with Gasteiger partial charge in [0.05, 0.1) is 0 Å². The first-order chi connectivity index (χ1) is 18.3. The molecule has 0 amide bonds. The van der Waals surface area contributed by atoms with Gasteiger partial charge in [-0.05, 0) is 34.8 Å². The zero-order valence-electron chi connectivity index (χ0n) is 21.8. The molecular weight excluding hydrogens is 655 g/mol. The van der Waals surface area contributed by atoms with E-state index in [2.05, 4.69) is 22.1 Å². The summed E-state index contributed by atoms with van der Waals surface area (Å²) in [5, 5.41) is 1.72. The van der Waals surface area contributed by atoms with E-state index in [1.165, 1.54) is 0 Å². The summed E-state index contributed by atoms with van der Waals surface area (Å²) in [5.74, 6) is -2.49. The summed E-state index contributed by atoms with van der Waals surface area (Å²) in [6.07, 6.45) is 3.41. The third-order valence-electron chi connectivity index (χ3n) is 6.10. The smallest absolute Gasteiger partial charge is 0.164 e. The first-order valence-corrected chi connectivity index (χ1v) is 11.9. The van der Waals surface area contributed by atoms with Crippen LogP contribution >= 0.6 is 0 Å². The van der Waals surface area contributed by atoms with Crippen LogP contribution in [0.25, 0.3) is 44.1 Å². The summed E-state index contributed by atoms with van der Waals surface area (Å²) in [6, 6.07) is 33.6. The van der Waals surface area contributed by atoms with Gasteiger partial charge in [0, 0.05) is 39.3 Å². The summed E-state index contributed by atoms with van der Waals surface area (Å²) in [4.78, 5) is 8.53. The number of fused-ring (bicyclic) bond motifs is 3. The van der Waals surface area contributed by atoms with Crippen LogP contribution < -0.4 is 0 Å². The van der Waals surface area contributed by atoms with Crippen LogP contribution in [0.15, 0.2) is 103 Å². The Balaban J connectivity index is 0.000000228. The van der Waals surface area contributed by atoms with Crippen LogP contribution in [0.1, 0.15) is 26.7 Å². The van der Waals surface area contributed by atoms with Gasteiger partial charge >= 0.3 is 0 Å². The van der Waals surface area contributed by atoms with Crippen molar-refractivity contribution >= 4 is 21.5 Å². The van der Waals surface area contributed by atoms with Crippen molar-refractivity contribution in [1.29, 1.82) is 0 Å². The topological polar surface area (TPSA) is 25.8 Å². The van der Waals surface area contributed by atoms with E-state index in [1.807, 2.05) is 42.5 Å². The van der Waals surface area contributed by atoms with Crippen molar-refractivity contribution < 1.29 is 30.3 Å². The normalized spacial score (nSPS) is 11.3. The van der Waals surface area contributed by atoms with Crippen molar-refractivity contribution in [2.75, 3.05) is 0 Å². The molecule has 2 heterocycles. The van der Waals surface area contributed by atoms with Gasteiger partial charge in [-0.1, -0.05) is 72.6 Å². The molecule has 6 aromatic rings. The average molecular weight is 680 g/mol. The monoisotopic (exact) mass is 680 g/mol. The van der Waals surface area contributed by atoms with Crippen molar-refractivity contribution in [3.8, 4) is 22.5 Å². The fraction of sp³-hybridized carbons (Fsp3) is 0.0909. The second-order valence-electron chi connectivity index (χ2n) is 8.77. The van der Waals surface area contributed by atoms with Crippen LogP contribution in [0.5, 0.6) is 0 Å². The van der Waals surface area contributed by atoms with Crippen LogP contribution in [0.2, 0.25) is 0 Å². The first kappa shape index (κ1) is 25.8. The molecule has 4 aromatic carbocycles. The molecule has 0 saturated heterocycles. The van der Waals surface area contributed by atoms with Gasteiger partial charge in [0.1, 0.15) is 5.82 Å². The molecule has 6 rings (SSSR count). The quantitative estimate of drug-likeness (QED) is 0.138. The third kappa shape index (κ3) is 5.70. The van der Waals surface area contributed by atoms with Gasteiger partial charge in [0.25, 0.3) is 0 Å². The zero-order chi connectivity index (χ0) is 26.7. The maximum Gasteiger partial charge on any atom is 0.164 e. The number of nitrogens with zero attached hydrogens (tertiary/aromatic N) is 2. The van der Waals surface area contributed by atoms with E-state index in [0.717, 1.165) is 16.8 Å². The van der Waals surface area contributed by atoms with Crippen molar-refractivity contribution in [2.45, 2.75) is 19.7 Å². The Morgan fingerprint density at radius 3 is 2.11 bits per heavy atom. The molecule has 0 unspecified atom stereocenters. The van der Waals surface area contributed by atoms with E-state index < -0.39 is 17.5 Å². The molecule has 0 atom stereocenters. The minimum absolute atomic E-state index is 0. The first-order valence-electron chi connectivity index (χ1n) is 12.4. The Labute approximate surface area is 236 Å². The number of halogens is 2. The van der Waals surface area contributed by atoms with E-state index in [0.29, 0.717) is 22.0 Å². The van der Waals surface area contributed by atoms with Crippen LogP contribution in [0.4, 0.5) is 8.78 Å². The number of pyridine rings is 2. The van der Waals surface area contributed by atoms with Gasteiger partial charge in [-0.3, -0.25) is 0 Å². The molecule has 5 heteroatoms. The Hall–Kier alpha value is -3.79. The third-order valence-corrected chi connectivity index (χ3v) is 6.10. The average Bonchev–Trinajstić information content (AvgIpc) is 2.96. The molecule has 0 aliphatic carbocycles. The standard InChI is InChI=1S/C22H16F2N.C11H8N.Ir/c1-13(2)14-9-10-25-20(12-14)15-7-8-17-16-5-3-4-6-18(16)21(23)22(24)19(17)11-15;1-2-6-10(7-3-1)11-8-4-5-9-12-11;/h3-6,8-13H,1-2H3;1-6,8-9H;/q2*-1;/i13D;;. The molecular formula is C33H24F2IrN2-2. The molecule has 191 valence electrons. The van der Waals surface area contributed by atoms with Gasteiger partial charge in [-0.15, -0.1) is 59.7 Å². The maximum absolute atomic E-state index is 14.7. The molecule has 2 nitrogen and oxygen atoms in total. The molecule has 0 aliphatic rings. The minimum Gasteiger partial charge on any atom is -0.305 e. The maximum atomic E-state index is 14.7. The molecule has 38 heavy (non-hydrogen) atoms. The molecule has 0 bridgehead atoms. The van der Waals surface area contributed by atoms with Gasteiger partial charge in [-0.25, -0.2) is 8.78 Å². The fourth-order valence-electron chi connectivity index (χ4n) is 4.15. The molecule has 0 saturated carbocycles. The van der Waals surface area contributed by atoms with Crippen LogP contribution in [-0.4, -0.2) is 9.97 Å². The van der Waals surface area contributed by atoms with Crippen molar-refractivity contribution in [3.05, 3.63) is 133 Å². The number of hydrogen-bond donors (Lipinski definition) is 0. The number of rotatable bonds is 3. The van der Waals surface area contributed by atoms with Gasteiger partial charge < -0.3 is 9.97 Å².